The Morgan fingerprint density at radius 1 is 1.42 bits per heavy atom. The molecule has 0 aromatic carbocycles. The van der Waals surface area contributed by atoms with Gasteiger partial charge >= 0.3 is 5.97 Å². The number of aryl methyl sites for hydroxylation is 1. The number of rotatable bonds is 2. The summed E-state index contributed by atoms with van der Waals surface area (Å²) in [6.45, 7) is 4.67. The summed E-state index contributed by atoms with van der Waals surface area (Å²) in [5.41, 5.74) is 1.54. The lowest BCUT2D eigenvalue weighted by Crippen LogP contribution is -2.37. The minimum atomic E-state index is -1.03. The number of aromatic nitrogens is 3. The molecule has 100 valence electrons. The van der Waals surface area contributed by atoms with Crippen molar-refractivity contribution in [1.82, 2.24) is 14.6 Å². The van der Waals surface area contributed by atoms with Crippen LogP contribution in [0, 0.1) is 6.92 Å². The molecule has 0 spiro atoms. The molecule has 3 heterocycles. The summed E-state index contributed by atoms with van der Waals surface area (Å²) in [6, 6.07) is 1.56. The monoisotopic (exact) mass is 262 g/mol. The molecule has 1 fully saturated rings. The third-order valence-electron chi connectivity index (χ3n) is 3.09. The Bertz CT molecular complexity index is 631. The zero-order chi connectivity index (χ0) is 13.4. The Morgan fingerprint density at radius 2 is 2.16 bits per heavy atom. The van der Waals surface area contributed by atoms with E-state index in [0.717, 1.165) is 24.6 Å². The number of nitrogens with zero attached hydrogens (tertiary/aromatic N) is 4. The van der Waals surface area contributed by atoms with E-state index in [0.29, 0.717) is 18.7 Å². The Labute approximate surface area is 109 Å². The molecule has 3 rings (SSSR count). The highest BCUT2D eigenvalue weighted by molar-refractivity contribution is 5.88. The molecule has 0 saturated carbocycles. The second kappa shape index (κ2) is 4.51. The maximum Gasteiger partial charge on any atom is 0.356 e. The number of carboxylic acids is 1. The Morgan fingerprint density at radius 3 is 2.84 bits per heavy atom. The molecule has 1 saturated heterocycles. The molecular weight excluding hydrogens is 248 g/mol. The average molecular weight is 262 g/mol. The van der Waals surface area contributed by atoms with Crippen molar-refractivity contribution >= 4 is 17.3 Å². The predicted octanol–water partition coefficient (Wildman–Crippen LogP) is 0.573. The van der Waals surface area contributed by atoms with Gasteiger partial charge in [-0.1, -0.05) is 0 Å². The van der Waals surface area contributed by atoms with Gasteiger partial charge in [-0.05, 0) is 6.92 Å². The van der Waals surface area contributed by atoms with E-state index in [2.05, 4.69) is 15.0 Å². The van der Waals surface area contributed by atoms with Gasteiger partial charge in [-0.2, -0.15) is 5.10 Å². The molecule has 7 heteroatoms. The average Bonchev–Trinajstić information content (AvgIpc) is 2.82. The molecule has 1 N–H and O–H groups in total. The summed E-state index contributed by atoms with van der Waals surface area (Å²) in [5.74, 6) is -0.266. The van der Waals surface area contributed by atoms with E-state index < -0.39 is 5.97 Å². The lowest BCUT2D eigenvalue weighted by Gasteiger charge is -2.28. The van der Waals surface area contributed by atoms with Crippen molar-refractivity contribution in [2.45, 2.75) is 6.92 Å². The van der Waals surface area contributed by atoms with E-state index >= 15 is 0 Å². The lowest BCUT2D eigenvalue weighted by atomic mass is 10.3. The zero-order valence-electron chi connectivity index (χ0n) is 10.5. The van der Waals surface area contributed by atoms with E-state index in [1.165, 1.54) is 0 Å². The van der Waals surface area contributed by atoms with Gasteiger partial charge < -0.3 is 14.7 Å². The summed E-state index contributed by atoms with van der Waals surface area (Å²) in [5, 5.41) is 13.1. The van der Waals surface area contributed by atoms with Crippen molar-refractivity contribution < 1.29 is 14.6 Å². The summed E-state index contributed by atoms with van der Waals surface area (Å²) >= 11 is 0. The summed E-state index contributed by atoms with van der Waals surface area (Å²) in [4.78, 5) is 17.6. The van der Waals surface area contributed by atoms with Gasteiger partial charge in [0.2, 0.25) is 0 Å². The molecule has 0 bridgehead atoms. The molecule has 1 aliphatic heterocycles. The maximum atomic E-state index is 11.0. The van der Waals surface area contributed by atoms with E-state index in [-0.39, 0.29) is 5.69 Å². The number of carbonyl (C=O) groups is 1. The Kier molecular flexibility index (Phi) is 2.83. The summed E-state index contributed by atoms with van der Waals surface area (Å²) in [6.07, 6.45) is 1.73. The van der Waals surface area contributed by atoms with Crippen LogP contribution >= 0.6 is 0 Å². The SMILES string of the molecule is Cc1cn2nc(C(=O)O)cc2c(N2CCOCC2)n1. The molecular formula is C12H14N4O3. The second-order valence-electron chi connectivity index (χ2n) is 4.47. The first-order valence-corrected chi connectivity index (χ1v) is 6.08. The number of ether oxygens (including phenoxy) is 1. The highest BCUT2D eigenvalue weighted by atomic mass is 16.5. The van der Waals surface area contributed by atoms with Crippen LogP contribution in [0.3, 0.4) is 0 Å². The van der Waals surface area contributed by atoms with Gasteiger partial charge in [0.05, 0.1) is 25.1 Å². The molecule has 0 atom stereocenters. The van der Waals surface area contributed by atoms with Crippen molar-refractivity contribution in [3.8, 4) is 0 Å². The first-order chi connectivity index (χ1) is 9.15. The Balaban J connectivity index is 2.13. The third kappa shape index (κ3) is 2.12. The number of fused-ring (bicyclic) bond motifs is 1. The van der Waals surface area contributed by atoms with Crippen LogP contribution in [0.2, 0.25) is 0 Å². The predicted molar refractivity (Wildman–Crippen MR) is 67.7 cm³/mol. The van der Waals surface area contributed by atoms with Gasteiger partial charge in [0.15, 0.2) is 11.5 Å². The van der Waals surface area contributed by atoms with E-state index in [1.807, 2.05) is 6.92 Å². The van der Waals surface area contributed by atoms with Crippen LogP contribution in [0.1, 0.15) is 16.2 Å². The van der Waals surface area contributed by atoms with Gasteiger partial charge in [0.1, 0.15) is 5.52 Å². The highest BCUT2D eigenvalue weighted by Gasteiger charge is 2.19. The lowest BCUT2D eigenvalue weighted by molar-refractivity contribution is 0.0690. The van der Waals surface area contributed by atoms with Crippen LogP contribution in [0.5, 0.6) is 0 Å². The van der Waals surface area contributed by atoms with Gasteiger partial charge in [-0.25, -0.2) is 14.3 Å². The zero-order valence-corrected chi connectivity index (χ0v) is 10.5. The first kappa shape index (κ1) is 11.9. The molecule has 0 amide bonds. The fraction of sp³-hybridized carbons (Fsp3) is 0.417. The molecule has 0 unspecified atom stereocenters. The van der Waals surface area contributed by atoms with Crippen molar-refractivity contribution in [3.05, 3.63) is 23.7 Å². The molecule has 7 nitrogen and oxygen atoms in total. The minimum Gasteiger partial charge on any atom is -0.476 e. The third-order valence-corrected chi connectivity index (χ3v) is 3.09. The van der Waals surface area contributed by atoms with Crippen molar-refractivity contribution in [2.24, 2.45) is 0 Å². The van der Waals surface area contributed by atoms with E-state index in [4.69, 9.17) is 9.84 Å². The van der Waals surface area contributed by atoms with Crippen molar-refractivity contribution in [3.63, 3.8) is 0 Å². The van der Waals surface area contributed by atoms with Crippen molar-refractivity contribution in [1.29, 1.82) is 0 Å². The van der Waals surface area contributed by atoms with E-state index in [9.17, 15) is 4.79 Å². The van der Waals surface area contributed by atoms with Crippen LogP contribution in [0.15, 0.2) is 12.3 Å². The van der Waals surface area contributed by atoms with Gasteiger partial charge in [0, 0.05) is 19.2 Å². The number of morpholine rings is 1. The molecule has 19 heavy (non-hydrogen) atoms. The molecule has 1 aliphatic rings. The molecule has 0 aliphatic carbocycles. The topological polar surface area (TPSA) is 80.0 Å². The van der Waals surface area contributed by atoms with Gasteiger partial charge in [0.25, 0.3) is 0 Å². The minimum absolute atomic E-state index is 0.0295. The van der Waals surface area contributed by atoms with Crippen LogP contribution in [-0.4, -0.2) is 52.0 Å². The normalized spacial score (nSPS) is 15.9. The summed E-state index contributed by atoms with van der Waals surface area (Å²) in [7, 11) is 0. The highest BCUT2D eigenvalue weighted by Crippen LogP contribution is 2.21. The van der Waals surface area contributed by atoms with Gasteiger partial charge in [-0.15, -0.1) is 0 Å². The van der Waals surface area contributed by atoms with Crippen LogP contribution in [0.4, 0.5) is 5.82 Å². The smallest absolute Gasteiger partial charge is 0.356 e. The largest absolute Gasteiger partial charge is 0.476 e. The summed E-state index contributed by atoms with van der Waals surface area (Å²) < 4.78 is 6.90. The first-order valence-electron chi connectivity index (χ1n) is 6.08. The van der Waals surface area contributed by atoms with Crippen LogP contribution in [-0.2, 0) is 4.74 Å². The number of aromatic carboxylic acids is 1. The number of anilines is 1. The number of hydrogen-bond donors (Lipinski definition) is 1. The molecule has 0 radical (unpaired) electrons. The van der Waals surface area contributed by atoms with Crippen molar-refractivity contribution in [2.75, 3.05) is 31.2 Å². The number of carboxylic acid groups (broad SMARTS) is 1. The second-order valence-corrected chi connectivity index (χ2v) is 4.47. The Hall–Kier alpha value is -2.15. The fourth-order valence-corrected chi connectivity index (χ4v) is 2.20. The molecule has 2 aromatic rings. The standard InChI is InChI=1S/C12H14N4O3/c1-8-7-16-10(6-9(14-16)12(17)18)11(13-8)15-2-4-19-5-3-15/h6-7H,2-5H2,1H3,(H,17,18). The molecule has 2 aromatic heterocycles. The quantitative estimate of drug-likeness (QED) is 0.852. The fourth-order valence-electron chi connectivity index (χ4n) is 2.20. The van der Waals surface area contributed by atoms with Crippen LogP contribution < -0.4 is 4.90 Å². The number of hydrogen-bond acceptors (Lipinski definition) is 5. The maximum absolute atomic E-state index is 11.0. The van der Waals surface area contributed by atoms with Gasteiger partial charge in [-0.3, -0.25) is 0 Å². The van der Waals surface area contributed by atoms with Crippen LogP contribution in [0.25, 0.3) is 5.52 Å². The van der Waals surface area contributed by atoms with E-state index in [1.54, 1.807) is 16.8 Å².